The smallest absolute Gasteiger partial charge is 0.176 e. The summed E-state index contributed by atoms with van der Waals surface area (Å²) in [5.74, 6) is 0. The largest absolute Gasteiger partial charge is 0.371 e. The van der Waals surface area contributed by atoms with Crippen molar-refractivity contribution in [2.75, 3.05) is 0 Å². The Morgan fingerprint density at radius 2 is 1.80 bits per heavy atom. The molecule has 0 radical (unpaired) electrons. The van der Waals surface area contributed by atoms with Gasteiger partial charge in [0.15, 0.2) is 5.60 Å². The molecule has 1 N–H and O–H groups in total. The second-order valence-electron chi connectivity index (χ2n) is 4.90. The van der Waals surface area contributed by atoms with Gasteiger partial charge in [-0.1, -0.05) is 38.1 Å². The van der Waals surface area contributed by atoms with Gasteiger partial charge in [0.1, 0.15) is 6.07 Å². The lowest BCUT2D eigenvalue weighted by Crippen LogP contribution is -2.36. The first-order chi connectivity index (χ1) is 6.99. The minimum Gasteiger partial charge on any atom is -0.371 e. The van der Waals surface area contributed by atoms with E-state index in [9.17, 15) is 5.11 Å². The maximum atomic E-state index is 10.2. The van der Waals surface area contributed by atoms with E-state index in [0.29, 0.717) is 6.42 Å². The highest BCUT2D eigenvalue weighted by Crippen LogP contribution is 2.44. The van der Waals surface area contributed by atoms with Gasteiger partial charge in [-0.15, -0.1) is 0 Å². The molecule has 1 unspecified atom stereocenters. The Labute approximate surface area is 90.2 Å². The first kappa shape index (κ1) is 10.2. The van der Waals surface area contributed by atoms with Crippen LogP contribution < -0.4 is 0 Å². The van der Waals surface area contributed by atoms with Crippen LogP contribution in [0.1, 0.15) is 37.8 Å². The molecule has 1 aromatic rings. The monoisotopic (exact) mass is 201 g/mol. The summed E-state index contributed by atoms with van der Waals surface area (Å²) in [6, 6.07) is 9.74. The molecular weight excluding hydrogens is 186 g/mol. The molecule has 1 aliphatic rings. The van der Waals surface area contributed by atoms with E-state index in [-0.39, 0.29) is 5.41 Å². The molecule has 0 aromatic heterocycles. The van der Waals surface area contributed by atoms with Gasteiger partial charge in [0.25, 0.3) is 0 Å². The number of hydrogen-bond acceptors (Lipinski definition) is 2. The van der Waals surface area contributed by atoms with Gasteiger partial charge in [-0.3, -0.25) is 0 Å². The van der Waals surface area contributed by atoms with E-state index >= 15 is 0 Å². The summed E-state index contributed by atoms with van der Waals surface area (Å²) in [4.78, 5) is 0. The fraction of sp³-hybridized carbons (Fsp3) is 0.462. The van der Waals surface area contributed by atoms with Crippen LogP contribution in [0, 0.1) is 11.3 Å². The van der Waals surface area contributed by atoms with Gasteiger partial charge in [-0.05, 0) is 23.8 Å². The van der Waals surface area contributed by atoms with Gasteiger partial charge in [-0.25, -0.2) is 0 Å². The van der Waals surface area contributed by atoms with Crippen molar-refractivity contribution >= 4 is 0 Å². The lowest BCUT2D eigenvalue weighted by Gasteiger charge is -2.38. The first-order valence-corrected chi connectivity index (χ1v) is 5.23. The van der Waals surface area contributed by atoms with Crippen molar-refractivity contribution in [2.24, 2.45) is 0 Å². The predicted octanol–water partition coefficient (Wildman–Crippen LogP) is 2.47. The summed E-state index contributed by atoms with van der Waals surface area (Å²) in [6.45, 7) is 4.31. The maximum absolute atomic E-state index is 10.2. The van der Waals surface area contributed by atoms with Crippen LogP contribution in [-0.2, 0) is 11.0 Å². The summed E-state index contributed by atoms with van der Waals surface area (Å²) < 4.78 is 0. The van der Waals surface area contributed by atoms with Gasteiger partial charge in [0.05, 0.1) is 0 Å². The minimum absolute atomic E-state index is 0.0552. The third-order valence-corrected chi connectivity index (χ3v) is 3.40. The summed E-state index contributed by atoms with van der Waals surface area (Å²) in [5.41, 5.74) is 0.648. The Morgan fingerprint density at radius 1 is 1.20 bits per heavy atom. The molecule has 0 aliphatic heterocycles. The molecule has 1 aliphatic carbocycles. The van der Waals surface area contributed by atoms with E-state index in [2.05, 4.69) is 13.8 Å². The number of benzene rings is 1. The van der Waals surface area contributed by atoms with E-state index in [1.54, 1.807) is 0 Å². The van der Waals surface area contributed by atoms with E-state index in [4.69, 9.17) is 5.26 Å². The normalized spacial score (nSPS) is 27.9. The van der Waals surface area contributed by atoms with Crippen molar-refractivity contribution in [3.8, 4) is 6.07 Å². The average Bonchev–Trinajstić information content (AvgIpc) is 2.25. The number of aliphatic hydroxyl groups is 1. The second-order valence-corrected chi connectivity index (χ2v) is 4.90. The highest BCUT2D eigenvalue weighted by molar-refractivity contribution is 5.43. The molecule has 1 aromatic carbocycles. The van der Waals surface area contributed by atoms with Crippen LogP contribution in [0.2, 0.25) is 0 Å². The minimum atomic E-state index is -1.29. The van der Waals surface area contributed by atoms with Crippen molar-refractivity contribution in [2.45, 2.75) is 37.7 Å². The third-order valence-electron chi connectivity index (χ3n) is 3.40. The highest BCUT2D eigenvalue weighted by atomic mass is 16.3. The zero-order valence-corrected chi connectivity index (χ0v) is 9.12. The number of rotatable bonds is 0. The van der Waals surface area contributed by atoms with Crippen LogP contribution in [0.15, 0.2) is 24.3 Å². The quantitative estimate of drug-likeness (QED) is 0.655. The van der Waals surface area contributed by atoms with Gasteiger partial charge in [0.2, 0.25) is 0 Å². The number of nitrogens with zero attached hydrogens (tertiary/aromatic N) is 1. The Hall–Kier alpha value is -1.33. The Morgan fingerprint density at radius 3 is 2.40 bits per heavy atom. The van der Waals surface area contributed by atoms with Crippen LogP contribution in [0.4, 0.5) is 0 Å². The molecule has 0 spiro atoms. The lowest BCUT2D eigenvalue weighted by atomic mass is 9.67. The zero-order valence-electron chi connectivity index (χ0n) is 9.12. The van der Waals surface area contributed by atoms with Crippen LogP contribution in [0.25, 0.3) is 0 Å². The second kappa shape index (κ2) is 3.08. The Bertz CT molecular complexity index is 430. The molecule has 0 saturated carbocycles. The number of fused-ring (bicyclic) bond motifs is 1. The van der Waals surface area contributed by atoms with Crippen molar-refractivity contribution in [3.63, 3.8) is 0 Å². The van der Waals surface area contributed by atoms with E-state index in [0.717, 1.165) is 17.5 Å². The molecule has 0 bridgehead atoms. The van der Waals surface area contributed by atoms with E-state index in [1.165, 1.54) is 0 Å². The van der Waals surface area contributed by atoms with E-state index < -0.39 is 5.60 Å². The lowest BCUT2D eigenvalue weighted by molar-refractivity contribution is 0.0654. The molecule has 2 nitrogen and oxygen atoms in total. The summed E-state index contributed by atoms with van der Waals surface area (Å²) in [5, 5.41) is 19.3. The molecule has 15 heavy (non-hydrogen) atoms. The SMILES string of the molecule is CC1(C)CCC(O)(C#N)c2ccccc21. The number of hydrogen-bond donors (Lipinski definition) is 1. The van der Waals surface area contributed by atoms with Crippen molar-refractivity contribution < 1.29 is 5.11 Å². The molecule has 2 rings (SSSR count). The van der Waals surface area contributed by atoms with Crippen LogP contribution in [0.5, 0.6) is 0 Å². The third kappa shape index (κ3) is 1.44. The van der Waals surface area contributed by atoms with Crippen LogP contribution in [0.3, 0.4) is 0 Å². The summed E-state index contributed by atoms with van der Waals surface area (Å²) in [7, 11) is 0. The number of nitriles is 1. The van der Waals surface area contributed by atoms with Gasteiger partial charge in [0, 0.05) is 5.56 Å². The fourth-order valence-electron chi connectivity index (χ4n) is 2.31. The van der Waals surface area contributed by atoms with Crippen molar-refractivity contribution in [1.29, 1.82) is 5.26 Å². The summed E-state index contributed by atoms with van der Waals surface area (Å²) in [6.07, 6.45) is 1.36. The highest BCUT2D eigenvalue weighted by Gasteiger charge is 2.41. The molecule has 78 valence electrons. The first-order valence-electron chi connectivity index (χ1n) is 5.23. The molecule has 1 atom stereocenters. The fourth-order valence-corrected chi connectivity index (χ4v) is 2.31. The van der Waals surface area contributed by atoms with Crippen LogP contribution >= 0.6 is 0 Å². The molecular formula is C13H15NO. The van der Waals surface area contributed by atoms with Gasteiger partial charge >= 0.3 is 0 Å². The van der Waals surface area contributed by atoms with Gasteiger partial charge < -0.3 is 5.11 Å². The standard InChI is InChI=1S/C13H15NO/c1-12(2)7-8-13(15,9-14)11-6-4-3-5-10(11)12/h3-6,15H,7-8H2,1-2H3. The zero-order chi connectivity index (χ0) is 11.1. The van der Waals surface area contributed by atoms with Gasteiger partial charge in [-0.2, -0.15) is 5.26 Å². The molecule has 0 amide bonds. The maximum Gasteiger partial charge on any atom is 0.176 e. The Kier molecular flexibility index (Phi) is 2.09. The van der Waals surface area contributed by atoms with Crippen molar-refractivity contribution in [1.82, 2.24) is 0 Å². The topological polar surface area (TPSA) is 44.0 Å². The van der Waals surface area contributed by atoms with Crippen LogP contribution in [-0.4, -0.2) is 5.11 Å². The molecule has 0 heterocycles. The molecule has 0 saturated heterocycles. The van der Waals surface area contributed by atoms with Crippen molar-refractivity contribution in [3.05, 3.63) is 35.4 Å². The average molecular weight is 201 g/mol. The predicted molar refractivity (Wildman–Crippen MR) is 58.2 cm³/mol. The molecule has 2 heteroatoms. The van der Waals surface area contributed by atoms with E-state index in [1.807, 2.05) is 30.3 Å². The Balaban J connectivity index is 2.65. The molecule has 0 fully saturated rings. The summed E-state index contributed by atoms with van der Waals surface area (Å²) >= 11 is 0.